The Morgan fingerprint density at radius 2 is 1.95 bits per heavy atom. The van der Waals surface area contributed by atoms with E-state index in [4.69, 9.17) is 5.14 Å². The van der Waals surface area contributed by atoms with Gasteiger partial charge in [0, 0.05) is 13.5 Å². The standard InChI is InChI=1S/C13H22N4O3S2/c1-5-11(17-15-4)8-7-9-12(18)16-10(3)21-13(6-2)22(14,19)20/h5-6H,3,7-9H2,1-2,4H3,(H,16,18)(H2,14,19,20)/b11-5-,13-6+,17-15-. The van der Waals surface area contributed by atoms with Gasteiger partial charge in [0.05, 0.1) is 10.7 Å². The monoisotopic (exact) mass is 346 g/mol. The highest BCUT2D eigenvalue weighted by atomic mass is 32.3. The Kier molecular flexibility index (Phi) is 9.63. The molecule has 0 aliphatic rings. The highest BCUT2D eigenvalue weighted by molar-refractivity contribution is 8.20. The number of nitrogens with zero attached hydrogens (tertiary/aromatic N) is 2. The Labute approximate surface area is 135 Å². The molecule has 3 N–H and O–H groups in total. The molecule has 0 unspecified atom stereocenters. The first kappa shape index (κ1) is 20.6. The van der Waals surface area contributed by atoms with Gasteiger partial charge in [-0.3, -0.25) is 4.79 Å². The summed E-state index contributed by atoms with van der Waals surface area (Å²) in [6, 6.07) is 0. The molecule has 1 amide bonds. The number of primary sulfonamides is 1. The lowest BCUT2D eigenvalue weighted by atomic mass is 10.2. The van der Waals surface area contributed by atoms with Crippen LogP contribution in [0.5, 0.6) is 0 Å². The highest BCUT2D eigenvalue weighted by Crippen LogP contribution is 2.25. The van der Waals surface area contributed by atoms with Crippen molar-refractivity contribution in [2.45, 2.75) is 33.1 Å². The van der Waals surface area contributed by atoms with Gasteiger partial charge in [-0.2, -0.15) is 10.2 Å². The molecule has 0 aromatic carbocycles. The smallest absolute Gasteiger partial charge is 0.244 e. The molecule has 0 bridgehead atoms. The fourth-order valence-corrected chi connectivity index (χ4v) is 3.08. The van der Waals surface area contributed by atoms with Crippen LogP contribution in [0.3, 0.4) is 0 Å². The van der Waals surface area contributed by atoms with E-state index in [1.165, 1.54) is 6.08 Å². The Balaban J connectivity index is 4.31. The number of azo groups is 1. The van der Waals surface area contributed by atoms with Crippen molar-refractivity contribution in [3.05, 3.63) is 33.7 Å². The van der Waals surface area contributed by atoms with E-state index < -0.39 is 10.0 Å². The van der Waals surface area contributed by atoms with Crippen molar-refractivity contribution in [1.82, 2.24) is 5.32 Å². The molecule has 0 aromatic heterocycles. The van der Waals surface area contributed by atoms with Crippen LogP contribution in [0, 0.1) is 0 Å². The van der Waals surface area contributed by atoms with E-state index in [9.17, 15) is 13.2 Å². The third-order valence-corrected chi connectivity index (χ3v) is 4.95. The predicted molar refractivity (Wildman–Crippen MR) is 90.1 cm³/mol. The lowest BCUT2D eigenvalue weighted by Crippen LogP contribution is -2.21. The van der Waals surface area contributed by atoms with Crippen LogP contribution in [0.4, 0.5) is 0 Å². The number of carbonyl (C=O) groups excluding carboxylic acids is 1. The molecule has 124 valence electrons. The number of sulfonamides is 1. The molecule has 0 aliphatic heterocycles. The van der Waals surface area contributed by atoms with Gasteiger partial charge in [-0.25, -0.2) is 13.6 Å². The van der Waals surface area contributed by atoms with Crippen molar-refractivity contribution >= 4 is 27.7 Å². The minimum absolute atomic E-state index is 0.0580. The minimum Gasteiger partial charge on any atom is -0.321 e. The SMILES string of the molecule is C=C(NC(=O)CCCC(=C/C)/N=N\C)S/C(=C\C)S(N)(=O)=O. The predicted octanol–water partition coefficient (Wildman–Crippen LogP) is 2.61. The summed E-state index contributed by atoms with van der Waals surface area (Å²) in [4.78, 5) is 11.7. The first-order valence-corrected chi connectivity index (χ1v) is 8.91. The molecule has 0 aromatic rings. The molecule has 0 atom stereocenters. The first-order chi connectivity index (χ1) is 10.2. The Hall–Kier alpha value is -1.45. The summed E-state index contributed by atoms with van der Waals surface area (Å²) < 4.78 is 22.4. The van der Waals surface area contributed by atoms with Crippen LogP contribution >= 0.6 is 11.8 Å². The quantitative estimate of drug-likeness (QED) is 0.624. The largest absolute Gasteiger partial charge is 0.321 e. The molecular weight excluding hydrogens is 324 g/mol. The molecule has 0 radical (unpaired) electrons. The average Bonchev–Trinajstić information content (AvgIpc) is 2.42. The molecule has 0 fully saturated rings. The van der Waals surface area contributed by atoms with Gasteiger partial charge in [0.15, 0.2) is 0 Å². The first-order valence-electron chi connectivity index (χ1n) is 6.55. The maximum atomic E-state index is 11.7. The van der Waals surface area contributed by atoms with E-state index in [-0.39, 0.29) is 21.6 Å². The summed E-state index contributed by atoms with van der Waals surface area (Å²) in [5, 5.41) is 15.4. The zero-order valence-electron chi connectivity index (χ0n) is 13.0. The molecule has 0 aliphatic carbocycles. The third-order valence-electron chi connectivity index (χ3n) is 2.42. The van der Waals surface area contributed by atoms with Gasteiger partial charge in [-0.1, -0.05) is 30.5 Å². The highest BCUT2D eigenvalue weighted by Gasteiger charge is 2.14. The fraction of sp³-hybridized carbons (Fsp3) is 0.462. The molecule has 7 nitrogen and oxygen atoms in total. The lowest BCUT2D eigenvalue weighted by Gasteiger charge is -2.09. The minimum atomic E-state index is -3.80. The summed E-state index contributed by atoms with van der Waals surface area (Å²) in [6.45, 7) is 7.01. The summed E-state index contributed by atoms with van der Waals surface area (Å²) in [5.41, 5.74) is 0.814. The Morgan fingerprint density at radius 1 is 1.32 bits per heavy atom. The van der Waals surface area contributed by atoms with Gasteiger partial charge in [0.2, 0.25) is 15.9 Å². The van der Waals surface area contributed by atoms with Crippen LogP contribution in [0.15, 0.2) is 43.9 Å². The Bertz CT molecular complexity index is 592. The number of thioether (sulfide) groups is 1. The number of hydrogen-bond donors (Lipinski definition) is 2. The normalized spacial score (nSPS) is 13.5. The van der Waals surface area contributed by atoms with Crippen molar-refractivity contribution in [2.24, 2.45) is 15.4 Å². The van der Waals surface area contributed by atoms with Crippen LogP contribution < -0.4 is 10.5 Å². The maximum Gasteiger partial charge on any atom is 0.244 e. The van der Waals surface area contributed by atoms with Gasteiger partial charge in [0.1, 0.15) is 4.24 Å². The van der Waals surface area contributed by atoms with Crippen molar-refractivity contribution in [1.29, 1.82) is 0 Å². The third kappa shape index (κ3) is 8.75. The van der Waals surface area contributed by atoms with Crippen molar-refractivity contribution in [3.8, 4) is 0 Å². The van der Waals surface area contributed by atoms with Gasteiger partial charge in [-0.05, 0) is 26.7 Å². The molecular formula is C13H22N4O3S2. The van der Waals surface area contributed by atoms with Crippen molar-refractivity contribution in [3.63, 3.8) is 0 Å². The van der Waals surface area contributed by atoms with Crippen LogP contribution in [0.25, 0.3) is 0 Å². The van der Waals surface area contributed by atoms with Crippen LogP contribution in [0.2, 0.25) is 0 Å². The fourth-order valence-electron chi connectivity index (χ4n) is 1.46. The molecule has 9 heteroatoms. The van der Waals surface area contributed by atoms with Gasteiger partial charge >= 0.3 is 0 Å². The second-order valence-corrected chi connectivity index (χ2v) is 7.08. The van der Waals surface area contributed by atoms with Crippen molar-refractivity contribution in [2.75, 3.05) is 7.05 Å². The number of nitrogens with two attached hydrogens (primary N) is 1. The van der Waals surface area contributed by atoms with Gasteiger partial charge < -0.3 is 5.32 Å². The number of nitrogens with one attached hydrogen (secondary N) is 1. The number of hydrogen-bond acceptors (Lipinski definition) is 6. The maximum absolute atomic E-state index is 11.7. The van der Waals surface area contributed by atoms with Gasteiger partial charge in [0.25, 0.3) is 0 Å². The molecule has 0 spiro atoms. The van der Waals surface area contributed by atoms with E-state index in [1.54, 1.807) is 14.0 Å². The average molecular weight is 346 g/mol. The van der Waals surface area contributed by atoms with Crippen LogP contribution in [-0.2, 0) is 14.8 Å². The second kappa shape index (κ2) is 10.3. The lowest BCUT2D eigenvalue weighted by molar-refractivity contribution is -0.120. The number of allylic oxidation sites excluding steroid dienone is 3. The van der Waals surface area contributed by atoms with E-state index >= 15 is 0 Å². The number of amides is 1. The zero-order valence-corrected chi connectivity index (χ0v) is 14.6. The molecule has 0 rings (SSSR count). The van der Waals surface area contributed by atoms with Crippen LogP contribution in [-0.4, -0.2) is 21.4 Å². The summed E-state index contributed by atoms with van der Waals surface area (Å²) in [5.74, 6) is -0.244. The van der Waals surface area contributed by atoms with Gasteiger partial charge in [-0.15, -0.1) is 0 Å². The zero-order chi connectivity index (χ0) is 17.2. The van der Waals surface area contributed by atoms with E-state index in [1.807, 2.05) is 13.0 Å². The van der Waals surface area contributed by atoms with Crippen LogP contribution in [0.1, 0.15) is 33.1 Å². The summed E-state index contributed by atoms with van der Waals surface area (Å²) in [6.07, 6.45) is 4.71. The topological polar surface area (TPSA) is 114 Å². The second-order valence-electron chi connectivity index (χ2n) is 4.16. The summed E-state index contributed by atoms with van der Waals surface area (Å²) in [7, 11) is -2.22. The number of rotatable bonds is 9. The molecule has 0 saturated carbocycles. The molecule has 0 saturated heterocycles. The molecule has 22 heavy (non-hydrogen) atoms. The van der Waals surface area contributed by atoms with E-state index in [0.29, 0.717) is 12.8 Å². The Morgan fingerprint density at radius 3 is 2.41 bits per heavy atom. The number of carbonyl (C=O) groups is 1. The molecule has 0 heterocycles. The van der Waals surface area contributed by atoms with Crippen molar-refractivity contribution < 1.29 is 13.2 Å². The van der Waals surface area contributed by atoms with E-state index in [2.05, 4.69) is 22.1 Å². The van der Waals surface area contributed by atoms with E-state index in [0.717, 1.165) is 17.5 Å². The summed E-state index contributed by atoms with van der Waals surface area (Å²) >= 11 is 0.809.